The van der Waals surface area contributed by atoms with Crippen LogP contribution >= 0.6 is 0 Å². The largest absolute Gasteiger partial charge is 0.329 e. The molecule has 1 fully saturated rings. The first-order valence-corrected chi connectivity index (χ1v) is 7.31. The van der Waals surface area contributed by atoms with Gasteiger partial charge in [0.1, 0.15) is 11.9 Å². The van der Waals surface area contributed by atoms with Crippen LogP contribution in [0.3, 0.4) is 0 Å². The average molecular weight is 308 g/mol. The highest BCUT2D eigenvalue weighted by Crippen LogP contribution is 2.18. The standard InChI is InChI=1S/C14H15FN2O3.C2H6/c1-9-3-2-4-11(15)10(9)7-17(8-18)12-5-6-13(19)16-14(12)20;1-2/h2-4,8,12H,5-7H2,1H3,(H,16,19,20);1-2H3. The number of nitrogens with zero attached hydrogens (tertiary/aromatic N) is 1. The van der Waals surface area contributed by atoms with Crippen LogP contribution < -0.4 is 5.32 Å². The van der Waals surface area contributed by atoms with Crippen molar-refractivity contribution < 1.29 is 18.8 Å². The van der Waals surface area contributed by atoms with E-state index in [-0.39, 0.29) is 25.3 Å². The second kappa shape index (κ2) is 8.26. The van der Waals surface area contributed by atoms with E-state index in [4.69, 9.17) is 0 Å². The van der Waals surface area contributed by atoms with Crippen LogP contribution in [0.1, 0.15) is 37.8 Å². The fourth-order valence-corrected chi connectivity index (χ4v) is 2.27. The molecule has 1 N–H and O–H groups in total. The lowest BCUT2D eigenvalue weighted by Crippen LogP contribution is -2.51. The van der Waals surface area contributed by atoms with Crippen molar-refractivity contribution >= 4 is 18.2 Å². The van der Waals surface area contributed by atoms with E-state index in [1.807, 2.05) is 13.8 Å². The molecule has 22 heavy (non-hydrogen) atoms. The van der Waals surface area contributed by atoms with Gasteiger partial charge >= 0.3 is 0 Å². The summed E-state index contributed by atoms with van der Waals surface area (Å²) in [6, 6.07) is 3.91. The van der Waals surface area contributed by atoms with E-state index in [1.165, 1.54) is 11.0 Å². The fourth-order valence-electron chi connectivity index (χ4n) is 2.27. The molecule has 0 radical (unpaired) electrons. The van der Waals surface area contributed by atoms with Crippen molar-refractivity contribution in [3.05, 3.63) is 35.1 Å². The number of halogens is 1. The Bertz CT molecular complexity index is 540. The molecule has 0 aliphatic carbocycles. The Hall–Kier alpha value is -2.24. The highest BCUT2D eigenvalue weighted by Gasteiger charge is 2.31. The number of amides is 3. The molecule has 1 saturated heterocycles. The maximum absolute atomic E-state index is 13.8. The first-order valence-electron chi connectivity index (χ1n) is 7.31. The molecule has 0 bridgehead atoms. The Morgan fingerprint density at radius 3 is 2.59 bits per heavy atom. The number of nitrogens with one attached hydrogen (secondary N) is 1. The van der Waals surface area contributed by atoms with Crippen molar-refractivity contribution in [1.82, 2.24) is 10.2 Å². The van der Waals surface area contributed by atoms with Crippen LogP contribution in [0.15, 0.2) is 18.2 Å². The zero-order chi connectivity index (χ0) is 16.7. The summed E-state index contributed by atoms with van der Waals surface area (Å²) in [6.07, 6.45) is 0.958. The lowest BCUT2D eigenvalue weighted by Gasteiger charge is -2.30. The van der Waals surface area contributed by atoms with Gasteiger partial charge in [0, 0.05) is 18.5 Å². The van der Waals surface area contributed by atoms with E-state index in [0.717, 1.165) is 0 Å². The highest BCUT2D eigenvalue weighted by molar-refractivity contribution is 6.00. The second-order valence-electron chi connectivity index (χ2n) is 4.78. The molecule has 2 rings (SSSR count). The first-order chi connectivity index (χ1) is 10.5. The zero-order valence-electron chi connectivity index (χ0n) is 13.1. The molecule has 0 aromatic heterocycles. The molecule has 1 unspecified atom stereocenters. The normalized spacial score (nSPS) is 17.2. The van der Waals surface area contributed by atoms with Crippen molar-refractivity contribution in [3.8, 4) is 0 Å². The van der Waals surface area contributed by atoms with E-state index < -0.39 is 17.8 Å². The first kappa shape index (κ1) is 17.8. The molecule has 1 aliphatic heterocycles. The van der Waals surface area contributed by atoms with Gasteiger partial charge in [0.25, 0.3) is 0 Å². The monoisotopic (exact) mass is 308 g/mol. The third kappa shape index (κ3) is 4.13. The SMILES string of the molecule is CC.Cc1cccc(F)c1CN(C=O)C1CCC(=O)NC1=O. The minimum atomic E-state index is -0.732. The number of aryl methyl sites for hydroxylation is 1. The Balaban J connectivity index is 0.00000116. The molecule has 0 spiro atoms. The van der Waals surface area contributed by atoms with E-state index in [2.05, 4.69) is 5.32 Å². The number of piperidine rings is 1. The molecule has 6 heteroatoms. The lowest BCUT2D eigenvalue weighted by atomic mass is 10.0. The van der Waals surface area contributed by atoms with Gasteiger partial charge < -0.3 is 4.90 Å². The molecule has 3 amide bonds. The smallest absolute Gasteiger partial charge is 0.249 e. The van der Waals surface area contributed by atoms with Crippen molar-refractivity contribution in [2.75, 3.05) is 0 Å². The third-order valence-corrected chi connectivity index (χ3v) is 3.44. The van der Waals surface area contributed by atoms with Crippen molar-refractivity contribution in [1.29, 1.82) is 0 Å². The average Bonchev–Trinajstić information content (AvgIpc) is 2.50. The summed E-state index contributed by atoms with van der Waals surface area (Å²) >= 11 is 0. The number of imide groups is 1. The fraction of sp³-hybridized carbons (Fsp3) is 0.438. The van der Waals surface area contributed by atoms with Crippen molar-refractivity contribution in [2.24, 2.45) is 0 Å². The van der Waals surface area contributed by atoms with Gasteiger partial charge in [-0.2, -0.15) is 0 Å². The minimum absolute atomic E-state index is 0.00822. The Labute approximate surface area is 129 Å². The summed E-state index contributed by atoms with van der Waals surface area (Å²) in [5, 5.41) is 2.19. The van der Waals surface area contributed by atoms with Gasteiger partial charge in [-0.1, -0.05) is 26.0 Å². The van der Waals surface area contributed by atoms with E-state index in [1.54, 1.807) is 19.1 Å². The van der Waals surface area contributed by atoms with E-state index in [0.29, 0.717) is 17.5 Å². The molecule has 1 atom stereocenters. The number of hydrogen-bond donors (Lipinski definition) is 1. The Morgan fingerprint density at radius 1 is 1.36 bits per heavy atom. The number of benzene rings is 1. The molecule has 5 nitrogen and oxygen atoms in total. The summed E-state index contributed by atoms with van der Waals surface area (Å²) in [7, 11) is 0. The molecule has 1 aliphatic rings. The van der Waals surface area contributed by atoms with Gasteiger partial charge in [-0.25, -0.2) is 4.39 Å². The van der Waals surface area contributed by atoms with Crippen LogP contribution in [0.4, 0.5) is 4.39 Å². The van der Waals surface area contributed by atoms with Crippen LogP contribution in [0.5, 0.6) is 0 Å². The van der Waals surface area contributed by atoms with Crippen molar-refractivity contribution in [2.45, 2.75) is 46.2 Å². The maximum Gasteiger partial charge on any atom is 0.249 e. The van der Waals surface area contributed by atoms with Crippen LogP contribution in [0, 0.1) is 12.7 Å². The van der Waals surface area contributed by atoms with Crippen LogP contribution in [-0.2, 0) is 20.9 Å². The second-order valence-corrected chi connectivity index (χ2v) is 4.78. The topological polar surface area (TPSA) is 66.5 Å². The zero-order valence-corrected chi connectivity index (χ0v) is 13.1. The summed E-state index contributed by atoms with van der Waals surface area (Å²) in [5.74, 6) is -1.27. The molecule has 1 heterocycles. The lowest BCUT2D eigenvalue weighted by molar-refractivity contribution is -0.141. The predicted octanol–water partition coefficient (Wildman–Crippen LogP) is 1.92. The maximum atomic E-state index is 13.8. The summed E-state index contributed by atoms with van der Waals surface area (Å²) in [4.78, 5) is 35.3. The third-order valence-electron chi connectivity index (χ3n) is 3.44. The minimum Gasteiger partial charge on any atom is -0.329 e. The molecule has 1 aromatic carbocycles. The van der Waals surface area contributed by atoms with Gasteiger partial charge in [0.15, 0.2) is 0 Å². The molecule has 1 aromatic rings. The summed E-state index contributed by atoms with van der Waals surface area (Å²) in [5.41, 5.74) is 1.09. The van der Waals surface area contributed by atoms with Gasteiger partial charge in [0.2, 0.25) is 18.2 Å². The van der Waals surface area contributed by atoms with Crippen LogP contribution in [0.25, 0.3) is 0 Å². The van der Waals surface area contributed by atoms with Crippen LogP contribution in [0.2, 0.25) is 0 Å². The predicted molar refractivity (Wildman–Crippen MR) is 80.3 cm³/mol. The summed E-state index contributed by atoms with van der Waals surface area (Å²) in [6.45, 7) is 5.75. The van der Waals surface area contributed by atoms with Gasteiger partial charge in [-0.3, -0.25) is 19.7 Å². The molecule has 120 valence electrons. The molecular formula is C16H21FN2O3. The Kier molecular flexibility index (Phi) is 6.69. The van der Waals surface area contributed by atoms with Gasteiger partial charge in [-0.15, -0.1) is 0 Å². The van der Waals surface area contributed by atoms with E-state index in [9.17, 15) is 18.8 Å². The quantitative estimate of drug-likeness (QED) is 0.682. The van der Waals surface area contributed by atoms with E-state index >= 15 is 0 Å². The number of carbonyl (C=O) groups excluding carboxylic acids is 3. The van der Waals surface area contributed by atoms with Crippen molar-refractivity contribution in [3.63, 3.8) is 0 Å². The highest BCUT2D eigenvalue weighted by atomic mass is 19.1. The Morgan fingerprint density at radius 2 is 2.05 bits per heavy atom. The number of hydrogen-bond acceptors (Lipinski definition) is 3. The van der Waals surface area contributed by atoms with Gasteiger partial charge in [-0.05, 0) is 25.0 Å². The number of rotatable bonds is 4. The van der Waals surface area contributed by atoms with Crippen LogP contribution in [-0.4, -0.2) is 29.2 Å². The molecule has 0 saturated carbocycles. The summed E-state index contributed by atoms with van der Waals surface area (Å²) < 4.78 is 13.8. The van der Waals surface area contributed by atoms with Gasteiger partial charge in [0.05, 0.1) is 0 Å². The number of carbonyl (C=O) groups is 3. The molecular weight excluding hydrogens is 287 g/mol.